The molecule has 2 aliphatic carbocycles. The van der Waals surface area contributed by atoms with Crippen molar-refractivity contribution in [1.82, 2.24) is 0 Å². The predicted molar refractivity (Wildman–Crippen MR) is 121 cm³/mol. The highest BCUT2D eigenvalue weighted by Crippen LogP contribution is 2.53. The lowest BCUT2D eigenvalue weighted by atomic mass is 9.59. The van der Waals surface area contributed by atoms with Gasteiger partial charge in [0.15, 0.2) is 8.32 Å². The Kier molecular flexibility index (Phi) is 6.40. The van der Waals surface area contributed by atoms with E-state index in [4.69, 9.17) is 4.43 Å². The van der Waals surface area contributed by atoms with Gasteiger partial charge in [0, 0.05) is 5.41 Å². The molecule has 0 heterocycles. The molecule has 2 atom stereocenters. The molecule has 2 unspecified atom stereocenters. The van der Waals surface area contributed by atoms with Crippen LogP contribution in [0.2, 0.25) is 18.1 Å². The normalized spacial score (nSPS) is 32.2. The highest BCUT2D eigenvalue weighted by atomic mass is 28.4. The van der Waals surface area contributed by atoms with Crippen molar-refractivity contribution in [2.75, 3.05) is 0 Å². The smallest absolute Gasteiger partial charge is 0.194 e. The van der Waals surface area contributed by atoms with Crippen LogP contribution in [0.5, 0.6) is 0 Å². The molecule has 150 valence electrons. The summed E-state index contributed by atoms with van der Waals surface area (Å²) in [5, 5.41) is 0.169. The Morgan fingerprint density at radius 2 is 1.93 bits per heavy atom. The molecule has 0 aromatic rings. The predicted octanol–water partition coefficient (Wildman–Crippen LogP) is 7.43. The van der Waals surface area contributed by atoms with Crippen molar-refractivity contribution in [1.29, 1.82) is 0 Å². The zero-order chi connectivity index (χ0) is 20.5. The van der Waals surface area contributed by atoms with E-state index in [2.05, 4.69) is 91.3 Å². The lowest BCUT2D eigenvalue weighted by Crippen LogP contribution is -2.59. The number of fused-ring (bicyclic) bond motifs is 2. The fourth-order valence-corrected chi connectivity index (χ4v) is 5.57. The Balaban J connectivity index is 2.59. The van der Waals surface area contributed by atoms with E-state index in [1.807, 2.05) is 0 Å². The monoisotopic (exact) mass is 384 g/mol. The minimum absolute atomic E-state index is 0.0377. The second-order valence-corrected chi connectivity index (χ2v) is 15.3. The van der Waals surface area contributed by atoms with E-state index in [-0.39, 0.29) is 10.5 Å². The van der Waals surface area contributed by atoms with Gasteiger partial charge in [-0.1, -0.05) is 76.8 Å². The second-order valence-electron chi connectivity index (χ2n) is 10.6. The first-order chi connectivity index (χ1) is 12.3. The lowest BCUT2D eigenvalue weighted by Gasteiger charge is -2.55. The summed E-state index contributed by atoms with van der Waals surface area (Å²) in [5.74, 6) is 7.58. The summed E-state index contributed by atoms with van der Waals surface area (Å²) in [6.07, 6.45) is 12.4. The summed E-state index contributed by atoms with van der Waals surface area (Å²) in [6.45, 7) is 22.8. The third-order valence-corrected chi connectivity index (χ3v) is 11.7. The van der Waals surface area contributed by atoms with Gasteiger partial charge in [-0.2, -0.15) is 0 Å². The van der Waals surface area contributed by atoms with Gasteiger partial charge >= 0.3 is 0 Å². The van der Waals surface area contributed by atoms with Gasteiger partial charge in [-0.3, -0.25) is 0 Å². The lowest BCUT2D eigenvalue weighted by molar-refractivity contribution is -0.0602. The third-order valence-electron chi connectivity index (χ3n) is 7.19. The number of hydrogen-bond acceptors (Lipinski definition) is 1. The highest BCUT2D eigenvalue weighted by molar-refractivity contribution is 6.74. The summed E-state index contributed by atoms with van der Waals surface area (Å²) in [4.78, 5) is 0. The highest BCUT2D eigenvalue weighted by Gasteiger charge is 2.55. The topological polar surface area (TPSA) is 9.23 Å². The number of rotatable bonds is 2. The molecule has 0 amide bonds. The molecular weight excluding hydrogens is 344 g/mol. The van der Waals surface area contributed by atoms with Gasteiger partial charge in [-0.05, 0) is 68.7 Å². The van der Waals surface area contributed by atoms with Gasteiger partial charge in [-0.15, -0.1) is 0 Å². The maximum atomic E-state index is 7.17. The molecule has 2 bridgehead atoms. The second kappa shape index (κ2) is 7.76. The van der Waals surface area contributed by atoms with Gasteiger partial charge in [0.05, 0.1) is 0 Å². The largest absolute Gasteiger partial charge is 0.400 e. The molecule has 0 saturated heterocycles. The van der Waals surface area contributed by atoms with Crippen LogP contribution in [-0.4, -0.2) is 13.9 Å². The van der Waals surface area contributed by atoms with Crippen molar-refractivity contribution in [2.45, 2.75) is 97.4 Å². The van der Waals surface area contributed by atoms with Crippen LogP contribution in [0.4, 0.5) is 0 Å². The summed E-state index contributed by atoms with van der Waals surface area (Å²) in [6, 6.07) is 0. The summed E-state index contributed by atoms with van der Waals surface area (Å²) < 4.78 is 7.17. The molecule has 2 rings (SSSR count). The molecule has 0 aliphatic heterocycles. The van der Waals surface area contributed by atoms with Crippen LogP contribution >= 0.6 is 0 Å². The summed E-state index contributed by atoms with van der Waals surface area (Å²) in [7, 11) is -1.96. The maximum absolute atomic E-state index is 7.17. The average Bonchev–Trinajstić information content (AvgIpc) is 2.52. The maximum Gasteiger partial charge on any atom is 0.194 e. The van der Waals surface area contributed by atoms with Gasteiger partial charge in [0.25, 0.3) is 0 Å². The zero-order valence-corrected chi connectivity index (χ0v) is 20.0. The Bertz CT molecular complexity index is 690. The Morgan fingerprint density at radius 1 is 1.26 bits per heavy atom. The molecule has 0 N–H and O–H groups in total. The Hall–Kier alpha value is -1.04. The number of hydrogen-bond donors (Lipinski definition) is 0. The van der Waals surface area contributed by atoms with Crippen molar-refractivity contribution < 1.29 is 4.43 Å². The Labute approximate surface area is 169 Å². The van der Waals surface area contributed by atoms with Crippen molar-refractivity contribution in [3.63, 3.8) is 0 Å². The summed E-state index contributed by atoms with van der Waals surface area (Å²) in [5.41, 5.74) is 1.93. The van der Waals surface area contributed by atoms with E-state index in [1.165, 1.54) is 12.0 Å². The van der Waals surface area contributed by atoms with Crippen LogP contribution < -0.4 is 0 Å². The van der Waals surface area contributed by atoms with Gasteiger partial charge in [0.1, 0.15) is 5.60 Å². The van der Waals surface area contributed by atoms with Gasteiger partial charge in [-0.25, -0.2) is 0 Å². The van der Waals surface area contributed by atoms with Crippen molar-refractivity contribution >= 4 is 8.32 Å². The average molecular weight is 385 g/mol. The molecule has 2 heteroatoms. The standard InChI is InChI=1S/C25H40OSi/c1-20-12-10-13-21(2)17-19-25(26-27(8,9)23(3,4)5)18-11-14-22(16-15-20)24(25,6)7/h12,15-16,22H,2,10-11,13-14,18H2,1,3-9H3/b16-15-,20-12+. The van der Waals surface area contributed by atoms with E-state index in [9.17, 15) is 0 Å². The first kappa shape index (κ1) is 22.2. The van der Waals surface area contributed by atoms with E-state index in [1.54, 1.807) is 0 Å². The summed E-state index contributed by atoms with van der Waals surface area (Å²) >= 11 is 0. The Morgan fingerprint density at radius 3 is 2.56 bits per heavy atom. The minimum Gasteiger partial charge on any atom is -0.400 e. The first-order valence-electron chi connectivity index (χ1n) is 10.6. The first-order valence-corrected chi connectivity index (χ1v) is 13.5. The van der Waals surface area contributed by atoms with Crippen LogP contribution in [0.1, 0.15) is 73.6 Å². The fourth-order valence-electron chi connectivity index (χ4n) is 3.97. The van der Waals surface area contributed by atoms with Crippen LogP contribution in [0.3, 0.4) is 0 Å². The van der Waals surface area contributed by atoms with E-state index in [0.29, 0.717) is 5.92 Å². The van der Waals surface area contributed by atoms with Gasteiger partial charge < -0.3 is 4.43 Å². The van der Waals surface area contributed by atoms with Crippen molar-refractivity contribution in [3.05, 3.63) is 36.0 Å². The molecule has 0 radical (unpaired) electrons. The molecule has 0 aromatic heterocycles. The van der Waals surface area contributed by atoms with Gasteiger partial charge in [0.2, 0.25) is 0 Å². The van der Waals surface area contributed by atoms with Crippen molar-refractivity contribution in [3.8, 4) is 11.8 Å². The molecule has 0 aromatic carbocycles. The molecule has 1 fully saturated rings. The van der Waals surface area contributed by atoms with Crippen LogP contribution in [-0.2, 0) is 4.43 Å². The van der Waals surface area contributed by atoms with Crippen LogP contribution in [0.25, 0.3) is 0 Å². The molecule has 2 aliphatic rings. The minimum atomic E-state index is -1.96. The number of allylic oxidation sites excluding steroid dienone is 5. The van der Waals surface area contributed by atoms with Crippen LogP contribution in [0, 0.1) is 23.2 Å². The van der Waals surface area contributed by atoms with E-state index in [0.717, 1.165) is 31.3 Å². The van der Waals surface area contributed by atoms with Crippen molar-refractivity contribution in [2.24, 2.45) is 11.3 Å². The molecular formula is C25H40OSi. The molecule has 1 nitrogen and oxygen atoms in total. The molecule has 0 spiro atoms. The third kappa shape index (κ3) is 4.69. The quantitative estimate of drug-likeness (QED) is 0.355. The SMILES string of the molecule is C=C1C#CC2(O[Si](C)(C)C(C)(C)C)CCCC(/C=C\C(C)=C\CC1)C2(C)C. The van der Waals surface area contributed by atoms with E-state index < -0.39 is 13.9 Å². The molecule has 27 heavy (non-hydrogen) atoms. The van der Waals surface area contributed by atoms with Crippen LogP contribution in [0.15, 0.2) is 36.0 Å². The fraction of sp³-hybridized carbons (Fsp3) is 0.680. The van der Waals surface area contributed by atoms with E-state index >= 15 is 0 Å². The zero-order valence-electron chi connectivity index (χ0n) is 19.0. The molecule has 1 saturated carbocycles.